The number of nitrogens with two attached hydrogens (primary N) is 1. The minimum absolute atomic E-state index is 0.0398. The highest BCUT2D eigenvalue weighted by atomic mass is 16.2. The predicted molar refractivity (Wildman–Crippen MR) is 82.4 cm³/mol. The summed E-state index contributed by atoms with van der Waals surface area (Å²) in [5.74, 6) is 0.512. The summed E-state index contributed by atoms with van der Waals surface area (Å²) < 4.78 is 0. The Bertz CT molecular complexity index is 305. The van der Waals surface area contributed by atoms with Crippen molar-refractivity contribution < 1.29 is 4.79 Å². The van der Waals surface area contributed by atoms with Gasteiger partial charge in [0.2, 0.25) is 5.91 Å². The van der Waals surface area contributed by atoms with E-state index in [1.54, 1.807) is 0 Å². The molecule has 4 nitrogen and oxygen atoms in total. The van der Waals surface area contributed by atoms with E-state index in [2.05, 4.69) is 24.1 Å². The molecule has 1 aliphatic heterocycles. The highest BCUT2D eigenvalue weighted by Gasteiger charge is 2.28. The van der Waals surface area contributed by atoms with Gasteiger partial charge < -0.3 is 16.0 Å². The van der Waals surface area contributed by atoms with Gasteiger partial charge in [-0.2, -0.15) is 0 Å². The van der Waals surface area contributed by atoms with Crippen LogP contribution in [0.25, 0.3) is 0 Å². The van der Waals surface area contributed by atoms with Gasteiger partial charge in [0.15, 0.2) is 0 Å². The van der Waals surface area contributed by atoms with Gasteiger partial charge in [0.25, 0.3) is 0 Å². The summed E-state index contributed by atoms with van der Waals surface area (Å²) in [6, 6.07) is 0.802. The van der Waals surface area contributed by atoms with Gasteiger partial charge in [0.05, 0.1) is 6.04 Å². The van der Waals surface area contributed by atoms with E-state index in [9.17, 15) is 4.79 Å². The average molecular weight is 281 g/mol. The van der Waals surface area contributed by atoms with Gasteiger partial charge in [-0.15, -0.1) is 0 Å². The summed E-state index contributed by atoms with van der Waals surface area (Å²) in [6.45, 7) is 6.48. The van der Waals surface area contributed by atoms with Gasteiger partial charge in [0, 0.05) is 25.2 Å². The number of hydrogen-bond acceptors (Lipinski definition) is 3. The molecule has 2 aliphatic rings. The van der Waals surface area contributed by atoms with Crippen LogP contribution < -0.4 is 11.1 Å². The second kappa shape index (κ2) is 7.41. The lowest BCUT2D eigenvalue weighted by Gasteiger charge is -2.36. The molecule has 2 rings (SSSR count). The van der Waals surface area contributed by atoms with Gasteiger partial charge in [-0.3, -0.25) is 4.79 Å². The van der Waals surface area contributed by atoms with E-state index in [1.165, 1.54) is 25.7 Å². The van der Waals surface area contributed by atoms with E-state index in [4.69, 9.17) is 5.73 Å². The molecule has 4 heteroatoms. The first-order valence-corrected chi connectivity index (χ1v) is 8.36. The molecule has 1 heterocycles. The molecule has 0 radical (unpaired) electrons. The minimum Gasteiger partial charge on any atom is -0.352 e. The fourth-order valence-electron chi connectivity index (χ4n) is 3.60. The monoisotopic (exact) mass is 281 g/mol. The highest BCUT2D eigenvalue weighted by molar-refractivity contribution is 5.81. The van der Waals surface area contributed by atoms with E-state index in [0.29, 0.717) is 12.0 Å². The number of piperidine rings is 1. The maximum absolute atomic E-state index is 12.0. The number of nitrogens with one attached hydrogen (secondary N) is 1. The molecule has 116 valence electrons. The van der Waals surface area contributed by atoms with Crippen molar-refractivity contribution in [3.05, 3.63) is 0 Å². The number of carbonyl (C=O) groups excluding carboxylic acids is 1. The van der Waals surface area contributed by atoms with Crippen molar-refractivity contribution in [1.29, 1.82) is 0 Å². The third kappa shape index (κ3) is 4.45. The Balaban J connectivity index is 1.69. The molecule has 2 fully saturated rings. The summed E-state index contributed by atoms with van der Waals surface area (Å²) in [5, 5.41) is 3.14. The fraction of sp³-hybridized carbons (Fsp3) is 0.938. The Hall–Kier alpha value is -0.610. The molecule has 0 spiro atoms. The predicted octanol–water partition coefficient (Wildman–Crippen LogP) is 1.88. The third-order valence-corrected chi connectivity index (χ3v) is 4.78. The summed E-state index contributed by atoms with van der Waals surface area (Å²) in [7, 11) is 0. The number of carbonyl (C=O) groups is 1. The van der Waals surface area contributed by atoms with Crippen molar-refractivity contribution in [2.45, 2.75) is 76.9 Å². The summed E-state index contributed by atoms with van der Waals surface area (Å²) >= 11 is 0. The van der Waals surface area contributed by atoms with Crippen molar-refractivity contribution in [3.63, 3.8) is 0 Å². The smallest absolute Gasteiger partial charge is 0.237 e. The first-order chi connectivity index (χ1) is 9.56. The summed E-state index contributed by atoms with van der Waals surface area (Å²) in [5.41, 5.74) is 5.94. The molecule has 0 aromatic rings. The second-order valence-corrected chi connectivity index (χ2v) is 6.99. The molecular formula is C16H31N3O. The number of hydrogen-bond donors (Lipinski definition) is 2. The van der Waals surface area contributed by atoms with Gasteiger partial charge in [-0.25, -0.2) is 0 Å². The normalized spacial score (nSPS) is 24.2. The van der Waals surface area contributed by atoms with Crippen LogP contribution in [0.2, 0.25) is 0 Å². The largest absolute Gasteiger partial charge is 0.352 e. The molecule has 1 saturated heterocycles. The number of likely N-dealkylation sites (tertiary alicyclic amines) is 1. The standard InChI is InChI=1S/C16H31N3O/c1-12(2)11-15(17)16(20)18-13-7-9-19(10-8-13)14-5-3-4-6-14/h12-15H,3-11,17H2,1-2H3,(H,18,20)/t15-/m0/s1. The molecule has 0 aromatic heterocycles. The molecule has 3 N–H and O–H groups in total. The van der Waals surface area contributed by atoms with E-state index >= 15 is 0 Å². The molecule has 1 atom stereocenters. The van der Waals surface area contributed by atoms with Crippen LogP contribution in [0.5, 0.6) is 0 Å². The van der Waals surface area contributed by atoms with Gasteiger partial charge >= 0.3 is 0 Å². The van der Waals surface area contributed by atoms with Crippen molar-refractivity contribution >= 4 is 5.91 Å². The number of nitrogens with zero attached hydrogens (tertiary/aromatic N) is 1. The first-order valence-electron chi connectivity index (χ1n) is 8.36. The Morgan fingerprint density at radius 2 is 1.80 bits per heavy atom. The molecule has 0 aromatic carbocycles. The fourth-order valence-corrected chi connectivity index (χ4v) is 3.60. The molecule has 1 amide bonds. The van der Waals surface area contributed by atoms with Gasteiger partial charge in [-0.1, -0.05) is 26.7 Å². The van der Waals surface area contributed by atoms with E-state index < -0.39 is 0 Å². The Morgan fingerprint density at radius 1 is 1.20 bits per heavy atom. The Kier molecular flexibility index (Phi) is 5.85. The maximum Gasteiger partial charge on any atom is 0.237 e. The van der Waals surface area contributed by atoms with Crippen molar-refractivity contribution in [2.75, 3.05) is 13.1 Å². The lowest BCUT2D eigenvalue weighted by atomic mass is 10.0. The quantitative estimate of drug-likeness (QED) is 0.809. The van der Waals surface area contributed by atoms with E-state index in [1.807, 2.05) is 0 Å². The van der Waals surface area contributed by atoms with E-state index in [0.717, 1.165) is 38.4 Å². The Labute approximate surface area is 123 Å². The third-order valence-electron chi connectivity index (χ3n) is 4.78. The second-order valence-electron chi connectivity index (χ2n) is 6.99. The Morgan fingerprint density at radius 3 is 2.35 bits per heavy atom. The highest BCUT2D eigenvalue weighted by Crippen LogP contribution is 2.26. The van der Waals surface area contributed by atoms with Crippen molar-refractivity contribution in [3.8, 4) is 0 Å². The molecule has 1 aliphatic carbocycles. The van der Waals surface area contributed by atoms with Crippen LogP contribution >= 0.6 is 0 Å². The maximum atomic E-state index is 12.0. The van der Waals surface area contributed by atoms with Crippen LogP contribution in [0.3, 0.4) is 0 Å². The SMILES string of the molecule is CC(C)C[C@H](N)C(=O)NC1CCN(C2CCCC2)CC1. The van der Waals surface area contributed by atoms with Crippen molar-refractivity contribution in [2.24, 2.45) is 11.7 Å². The first kappa shape index (κ1) is 15.8. The van der Waals surface area contributed by atoms with Gasteiger partial charge in [-0.05, 0) is 38.0 Å². The lowest BCUT2D eigenvalue weighted by molar-refractivity contribution is -0.123. The van der Waals surface area contributed by atoms with Crippen LogP contribution in [0.1, 0.15) is 58.8 Å². The van der Waals surface area contributed by atoms with Crippen molar-refractivity contribution in [1.82, 2.24) is 10.2 Å². The van der Waals surface area contributed by atoms with Crippen LogP contribution in [0, 0.1) is 5.92 Å². The molecule has 1 saturated carbocycles. The van der Waals surface area contributed by atoms with Crippen LogP contribution in [0.4, 0.5) is 0 Å². The topological polar surface area (TPSA) is 58.4 Å². The van der Waals surface area contributed by atoms with Gasteiger partial charge in [0.1, 0.15) is 0 Å². The molecule has 20 heavy (non-hydrogen) atoms. The van der Waals surface area contributed by atoms with Crippen LogP contribution in [-0.4, -0.2) is 42.0 Å². The minimum atomic E-state index is -0.345. The number of amides is 1. The lowest BCUT2D eigenvalue weighted by Crippen LogP contribution is -2.51. The zero-order valence-electron chi connectivity index (χ0n) is 13.1. The average Bonchev–Trinajstić information content (AvgIpc) is 2.92. The molecule has 0 bridgehead atoms. The molecule has 0 unspecified atom stereocenters. The number of rotatable bonds is 5. The molecular weight excluding hydrogens is 250 g/mol. The van der Waals surface area contributed by atoms with Crippen LogP contribution in [-0.2, 0) is 4.79 Å². The van der Waals surface area contributed by atoms with E-state index in [-0.39, 0.29) is 11.9 Å². The zero-order chi connectivity index (χ0) is 14.5. The summed E-state index contributed by atoms with van der Waals surface area (Å²) in [6.07, 6.45) is 8.46. The zero-order valence-corrected chi connectivity index (χ0v) is 13.1. The van der Waals surface area contributed by atoms with Crippen LogP contribution in [0.15, 0.2) is 0 Å². The summed E-state index contributed by atoms with van der Waals surface area (Å²) in [4.78, 5) is 14.7.